The first-order valence-corrected chi connectivity index (χ1v) is 7.68. The molecule has 1 aliphatic rings. The van der Waals surface area contributed by atoms with Crippen LogP contribution in [0, 0.1) is 0 Å². The van der Waals surface area contributed by atoms with Crippen molar-refractivity contribution in [3.8, 4) is 0 Å². The molecule has 1 N–H and O–H groups in total. The zero-order valence-electron chi connectivity index (χ0n) is 13.3. The molecule has 1 unspecified atom stereocenters. The Kier molecular flexibility index (Phi) is 8.07. The fraction of sp³-hybridized carbons (Fsp3) is 0.857. The molecular weight excluding hydrogens is 274 g/mol. The summed E-state index contributed by atoms with van der Waals surface area (Å²) >= 11 is 0. The molecule has 1 aliphatic heterocycles. The number of amides is 1. The van der Waals surface area contributed by atoms with E-state index < -0.39 is 12.1 Å². The first-order chi connectivity index (χ1) is 10.1. The number of rotatable bonds is 6. The van der Waals surface area contributed by atoms with Crippen molar-refractivity contribution in [2.24, 2.45) is 0 Å². The number of ether oxygens (including phenoxy) is 1. The van der Waals surface area contributed by atoms with Crippen LogP contribution in [-0.4, -0.2) is 67.2 Å². The molecule has 7 nitrogen and oxygen atoms in total. The Hall–Kier alpha value is -1.34. The number of nitrogens with zero attached hydrogens (tertiary/aromatic N) is 2. The zero-order valence-corrected chi connectivity index (χ0v) is 13.3. The molecule has 0 saturated carbocycles. The lowest BCUT2D eigenvalue weighted by atomic mass is 10.2. The lowest BCUT2D eigenvalue weighted by Gasteiger charge is -2.36. The maximum absolute atomic E-state index is 11.9. The van der Waals surface area contributed by atoms with Crippen LogP contribution < -0.4 is 5.48 Å². The highest BCUT2D eigenvalue weighted by molar-refractivity contribution is 5.77. The average Bonchev–Trinajstić information content (AvgIpc) is 2.52. The van der Waals surface area contributed by atoms with Crippen molar-refractivity contribution in [1.82, 2.24) is 15.3 Å². The van der Waals surface area contributed by atoms with Crippen molar-refractivity contribution >= 4 is 12.1 Å². The van der Waals surface area contributed by atoms with Crippen molar-refractivity contribution in [3.05, 3.63) is 0 Å². The van der Waals surface area contributed by atoms with Gasteiger partial charge in [-0.3, -0.25) is 4.90 Å². The summed E-state index contributed by atoms with van der Waals surface area (Å²) < 4.78 is 4.84. The normalized spacial score (nSPS) is 18.0. The van der Waals surface area contributed by atoms with E-state index in [1.54, 1.807) is 6.92 Å². The Morgan fingerprint density at radius 3 is 2.43 bits per heavy atom. The number of unbranched alkanes of at least 4 members (excludes halogenated alkanes) is 1. The predicted octanol–water partition coefficient (Wildman–Crippen LogP) is 0.997. The second-order valence-electron chi connectivity index (χ2n) is 5.16. The van der Waals surface area contributed by atoms with Gasteiger partial charge in [0.2, 0.25) is 0 Å². The van der Waals surface area contributed by atoms with Crippen LogP contribution in [0.5, 0.6) is 0 Å². The molecule has 0 aromatic carbocycles. The van der Waals surface area contributed by atoms with Gasteiger partial charge in [0.15, 0.2) is 0 Å². The van der Waals surface area contributed by atoms with Crippen LogP contribution in [0.25, 0.3) is 0 Å². The second-order valence-corrected chi connectivity index (χ2v) is 5.16. The van der Waals surface area contributed by atoms with Gasteiger partial charge in [-0.05, 0) is 19.9 Å². The number of hydrogen-bond donors (Lipinski definition) is 1. The minimum absolute atomic E-state index is 0.328. The molecule has 0 aromatic heterocycles. The Bertz CT molecular complexity index is 330. The maximum atomic E-state index is 11.9. The maximum Gasteiger partial charge on any atom is 0.440 e. The van der Waals surface area contributed by atoms with Crippen LogP contribution >= 0.6 is 0 Å². The van der Waals surface area contributed by atoms with Crippen molar-refractivity contribution in [3.63, 3.8) is 0 Å². The van der Waals surface area contributed by atoms with E-state index in [2.05, 4.69) is 16.7 Å². The third kappa shape index (κ3) is 6.31. The first kappa shape index (κ1) is 17.7. The summed E-state index contributed by atoms with van der Waals surface area (Å²) in [5, 5.41) is 0. The Morgan fingerprint density at radius 1 is 1.19 bits per heavy atom. The van der Waals surface area contributed by atoms with Crippen LogP contribution in [-0.2, 0) is 14.4 Å². The minimum atomic E-state index is -0.722. The molecule has 1 rings (SSSR count). The molecule has 21 heavy (non-hydrogen) atoms. The molecule has 0 radical (unpaired) electrons. The van der Waals surface area contributed by atoms with Crippen molar-refractivity contribution in [1.29, 1.82) is 0 Å². The summed E-state index contributed by atoms with van der Waals surface area (Å²) in [6.07, 6.45) is 1.01. The number of nitrogens with one attached hydrogen (secondary N) is 1. The molecule has 1 amide bonds. The van der Waals surface area contributed by atoms with E-state index in [1.165, 1.54) is 0 Å². The molecular formula is C14H27N3O4. The molecule has 1 heterocycles. The third-order valence-electron chi connectivity index (χ3n) is 3.71. The fourth-order valence-corrected chi connectivity index (χ4v) is 2.13. The lowest BCUT2D eigenvalue weighted by Crippen LogP contribution is -2.52. The van der Waals surface area contributed by atoms with Gasteiger partial charge in [0.05, 0.1) is 6.61 Å². The Labute approximate surface area is 126 Å². The van der Waals surface area contributed by atoms with Gasteiger partial charge < -0.3 is 14.5 Å². The fourth-order valence-electron chi connectivity index (χ4n) is 2.13. The first-order valence-electron chi connectivity index (χ1n) is 7.68. The van der Waals surface area contributed by atoms with Gasteiger partial charge in [-0.15, -0.1) is 5.48 Å². The number of piperazine rings is 1. The summed E-state index contributed by atoms with van der Waals surface area (Å²) in [6, 6.07) is -0.375. The van der Waals surface area contributed by atoms with Gasteiger partial charge in [-0.2, -0.15) is 0 Å². The standard InChI is InChI=1S/C14H27N3O4/c1-4-6-11-20-14(19)15-21-13(18)12(3)17-9-7-16(5-2)8-10-17/h12H,4-11H2,1-3H3,(H,15,19). The Balaban J connectivity index is 2.23. The topological polar surface area (TPSA) is 71.1 Å². The highest BCUT2D eigenvalue weighted by Gasteiger charge is 2.26. The van der Waals surface area contributed by atoms with Crippen LogP contribution in [0.2, 0.25) is 0 Å². The van der Waals surface area contributed by atoms with E-state index in [4.69, 9.17) is 9.57 Å². The van der Waals surface area contributed by atoms with Gasteiger partial charge in [-0.25, -0.2) is 9.59 Å². The van der Waals surface area contributed by atoms with Crippen LogP contribution in [0.15, 0.2) is 0 Å². The highest BCUT2D eigenvalue weighted by atomic mass is 16.7. The number of hydroxylamine groups is 1. The zero-order chi connectivity index (χ0) is 15.7. The summed E-state index contributed by atoms with van der Waals surface area (Å²) in [5.41, 5.74) is 2.03. The van der Waals surface area contributed by atoms with Gasteiger partial charge >= 0.3 is 12.1 Å². The predicted molar refractivity (Wildman–Crippen MR) is 78.6 cm³/mol. The van der Waals surface area contributed by atoms with E-state index in [0.29, 0.717) is 6.61 Å². The molecule has 1 fully saturated rings. The molecule has 0 aromatic rings. The van der Waals surface area contributed by atoms with Crippen LogP contribution in [0.4, 0.5) is 4.79 Å². The highest BCUT2D eigenvalue weighted by Crippen LogP contribution is 2.07. The number of carbonyl (C=O) groups excluding carboxylic acids is 2. The molecule has 0 spiro atoms. The molecule has 0 bridgehead atoms. The SMILES string of the molecule is CCCCOC(=O)NOC(=O)C(C)N1CCN(CC)CC1. The molecule has 7 heteroatoms. The van der Waals surface area contributed by atoms with Crippen molar-refractivity contribution in [2.75, 3.05) is 39.3 Å². The molecule has 0 aliphatic carbocycles. The largest absolute Gasteiger partial charge is 0.447 e. The van der Waals surface area contributed by atoms with E-state index >= 15 is 0 Å². The monoisotopic (exact) mass is 301 g/mol. The van der Waals surface area contributed by atoms with E-state index in [1.807, 2.05) is 12.4 Å². The number of likely N-dealkylation sites (N-methyl/N-ethyl adjacent to an activating group) is 1. The third-order valence-corrected chi connectivity index (χ3v) is 3.71. The summed E-state index contributed by atoms with van der Waals surface area (Å²) in [5.74, 6) is -0.465. The van der Waals surface area contributed by atoms with Gasteiger partial charge in [0.25, 0.3) is 0 Å². The Morgan fingerprint density at radius 2 is 1.86 bits per heavy atom. The summed E-state index contributed by atoms with van der Waals surface area (Å²) in [6.45, 7) is 10.8. The minimum Gasteiger partial charge on any atom is -0.447 e. The van der Waals surface area contributed by atoms with Gasteiger partial charge in [-0.1, -0.05) is 20.3 Å². The molecule has 122 valence electrons. The van der Waals surface area contributed by atoms with Crippen molar-refractivity contribution in [2.45, 2.75) is 39.7 Å². The quantitative estimate of drug-likeness (QED) is 0.583. The number of carbonyl (C=O) groups is 2. The van der Waals surface area contributed by atoms with E-state index in [9.17, 15) is 9.59 Å². The molecule has 1 atom stereocenters. The second kappa shape index (κ2) is 9.57. The van der Waals surface area contributed by atoms with Crippen LogP contribution in [0.1, 0.15) is 33.6 Å². The van der Waals surface area contributed by atoms with E-state index in [-0.39, 0.29) is 6.04 Å². The lowest BCUT2D eigenvalue weighted by molar-refractivity contribution is -0.156. The number of hydrogen-bond acceptors (Lipinski definition) is 6. The molecule has 1 saturated heterocycles. The summed E-state index contributed by atoms with van der Waals surface area (Å²) in [4.78, 5) is 32.3. The summed E-state index contributed by atoms with van der Waals surface area (Å²) in [7, 11) is 0. The van der Waals surface area contributed by atoms with E-state index in [0.717, 1.165) is 45.6 Å². The van der Waals surface area contributed by atoms with Gasteiger partial charge in [0.1, 0.15) is 6.04 Å². The van der Waals surface area contributed by atoms with Gasteiger partial charge in [0, 0.05) is 26.2 Å². The van der Waals surface area contributed by atoms with Crippen molar-refractivity contribution < 1.29 is 19.2 Å². The van der Waals surface area contributed by atoms with Crippen LogP contribution in [0.3, 0.4) is 0 Å². The smallest absolute Gasteiger partial charge is 0.440 e. The average molecular weight is 301 g/mol.